The van der Waals surface area contributed by atoms with Crippen molar-refractivity contribution in [3.63, 3.8) is 0 Å². The van der Waals surface area contributed by atoms with Crippen molar-refractivity contribution >= 4 is 29.0 Å². The molecule has 0 unspecified atom stereocenters. The molecule has 2 aromatic rings. The normalized spacial score (nSPS) is 13.7. The van der Waals surface area contributed by atoms with Crippen LogP contribution in [0.5, 0.6) is 0 Å². The number of hydrogen-bond donors (Lipinski definition) is 3. The Balaban J connectivity index is 1.84. The number of hydrogen-bond acceptors (Lipinski definition) is 4. The Morgan fingerprint density at radius 2 is 1.83 bits per heavy atom. The van der Waals surface area contributed by atoms with Gasteiger partial charge in [-0.3, -0.25) is 15.0 Å². The van der Waals surface area contributed by atoms with Gasteiger partial charge in [-0.25, -0.2) is 0 Å². The average Bonchev–Trinajstić information content (AvgIpc) is 3.03. The first-order valence-corrected chi connectivity index (χ1v) is 9.34. The van der Waals surface area contributed by atoms with E-state index in [4.69, 9.17) is 21.0 Å². The van der Waals surface area contributed by atoms with Gasteiger partial charge in [0.05, 0.1) is 18.7 Å². The minimum atomic E-state index is -0.838. The third-order valence-electron chi connectivity index (χ3n) is 4.72. The number of rotatable bonds is 8. The maximum Gasteiger partial charge on any atom is 0.303 e. The smallest absolute Gasteiger partial charge is 0.303 e. The summed E-state index contributed by atoms with van der Waals surface area (Å²) < 4.78 is 5.74. The molecule has 0 aromatic heterocycles. The third kappa shape index (κ3) is 4.45. The first kappa shape index (κ1) is 20.1. The van der Waals surface area contributed by atoms with E-state index in [2.05, 4.69) is 0 Å². The van der Waals surface area contributed by atoms with Crippen LogP contribution in [0.4, 0.5) is 5.69 Å². The van der Waals surface area contributed by atoms with Crippen LogP contribution in [-0.4, -0.2) is 36.0 Å². The molecule has 0 spiro atoms. The van der Waals surface area contributed by atoms with Crippen LogP contribution in [0.15, 0.2) is 54.3 Å². The van der Waals surface area contributed by atoms with E-state index < -0.39 is 5.97 Å². The van der Waals surface area contributed by atoms with E-state index in [1.807, 2.05) is 31.2 Å². The molecule has 1 aliphatic heterocycles. The van der Waals surface area contributed by atoms with Gasteiger partial charge in [-0.1, -0.05) is 36.4 Å². The van der Waals surface area contributed by atoms with Crippen molar-refractivity contribution in [3.8, 4) is 0 Å². The van der Waals surface area contributed by atoms with Gasteiger partial charge in [0.1, 0.15) is 11.6 Å². The van der Waals surface area contributed by atoms with Gasteiger partial charge in [0, 0.05) is 17.7 Å². The van der Waals surface area contributed by atoms with E-state index in [0.717, 1.165) is 11.3 Å². The second kappa shape index (κ2) is 8.60. The SMILES string of the molecule is CCOC1=C(c2ccc(C(=N)N)cc2)C(=O)N(c2ccc(CCC(=O)O)cc2)C1. The van der Waals surface area contributed by atoms with Crippen molar-refractivity contribution in [3.05, 3.63) is 71.0 Å². The van der Waals surface area contributed by atoms with E-state index in [0.29, 0.717) is 42.0 Å². The second-order valence-corrected chi connectivity index (χ2v) is 6.67. The summed E-state index contributed by atoms with van der Waals surface area (Å²) in [5.41, 5.74) is 8.93. The lowest BCUT2D eigenvalue weighted by Crippen LogP contribution is -2.26. The number of amides is 1. The maximum atomic E-state index is 13.2. The molecule has 7 nitrogen and oxygen atoms in total. The predicted molar refractivity (Wildman–Crippen MR) is 111 cm³/mol. The largest absolute Gasteiger partial charge is 0.495 e. The van der Waals surface area contributed by atoms with Gasteiger partial charge in [0.2, 0.25) is 0 Å². The van der Waals surface area contributed by atoms with Gasteiger partial charge in [-0.05, 0) is 36.6 Å². The van der Waals surface area contributed by atoms with Crippen LogP contribution in [0.2, 0.25) is 0 Å². The highest BCUT2D eigenvalue weighted by atomic mass is 16.5. The van der Waals surface area contributed by atoms with Crippen molar-refractivity contribution in [2.45, 2.75) is 19.8 Å². The number of ether oxygens (including phenoxy) is 1. The van der Waals surface area contributed by atoms with E-state index in [1.54, 1.807) is 29.2 Å². The summed E-state index contributed by atoms with van der Waals surface area (Å²) in [5.74, 6) is -0.432. The number of nitrogens with one attached hydrogen (secondary N) is 1. The zero-order valence-corrected chi connectivity index (χ0v) is 16.1. The number of nitrogens with two attached hydrogens (primary N) is 1. The fourth-order valence-electron chi connectivity index (χ4n) is 3.24. The second-order valence-electron chi connectivity index (χ2n) is 6.67. The number of carboxylic acids is 1. The molecule has 29 heavy (non-hydrogen) atoms. The molecule has 7 heteroatoms. The van der Waals surface area contributed by atoms with Crippen LogP contribution in [0.25, 0.3) is 5.57 Å². The maximum absolute atomic E-state index is 13.2. The van der Waals surface area contributed by atoms with E-state index in [9.17, 15) is 9.59 Å². The number of carbonyl (C=O) groups is 2. The van der Waals surface area contributed by atoms with Crippen molar-refractivity contribution in [2.75, 3.05) is 18.1 Å². The number of benzene rings is 2. The number of nitrogen functional groups attached to an aromatic ring is 1. The monoisotopic (exact) mass is 393 g/mol. The van der Waals surface area contributed by atoms with Crippen LogP contribution >= 0.6 is 0 Å². The molecule has 0 bridgehead atoms. The van der Waals surface area contributed by atoms with Gasteiger partial charge < -0.3 is 20.5 Å². The predicted octanol–water partition coefficient (Wildman–Crippen LogP) is 2.78. The third-order valence-corrected chi connectivity index (χ3v) is 4.72. The van der Waals surface area contributed by atoms with Crippen molar-refractivity contribution < 1.29 is 19.4 Å². The highest BCUT2D eigenvalue weighted by molar-refractivity contribution is 6.29. The highest BCUT2D eigenvalue weighted by Crippen LogP contribution is 2.32. The fourth-order valence-corrected chi connectivity index (χ4v) is 3.24. The van der Waals surface area contributed by atoms with Crippen molar-refractivity contribution in [2.24, 2.45) is 5.73 Å². The number of nitrogens with zero attached hydrogens (tertiary/aromatic N) is 1. The summed E-state index contributed by atoms with van der Waals surface area (Å²) in [4.78, 5) is 25.5. The van der Waals surface area contributed by atoms with E-state index in [-0.39, 0.29) is 18.2 Å². The number of anilines is 1. The number of aryl methyl sites for hydroxylation is 1. The van der Waals surface area contributed by atoms with Crippen molar-refractivity contribution in [1.29, 1.82) is 5.41 Å². The summed E-state index contributed by atoms with van der Waals surface area (Å²) in [5, 5.41) is 16.3. The average molecular weight is 393 g/mol. The zero-order chi connectivity index (χ0) is 21.0. The molecule has 150 valence electrons. The summed E-state index contributed by atoms with van der Waals surface area (Å²) in [7, 11) is 0. The fraction of sp³-hybridized carbons (Fsp3) is 0.227. The Morgan fingerprint density at radius 3 is 2.38 bits per heavy atom. The lowest BCUT2D eigenvalue weighted by Gasteiger charge is -2.17. The molecular weight excluding hydrogens is 370 g/mol. The Bertz CT molecular complexity index is 963. The van der Waals surface area contributed by atoms with Crippen LogP contribution in [0.3, 0.4) is 0 Å². The Kier molecular flexibility index (Phi) is 5.97. The molecule has 1 aliphatic rings. The highest BCUT2D eigenvalue weighted by Gasteiger charge is 2.33. The molecule has 0 atom stereocenters. The van der Waals surface area contributed by atoms with Gasteiger partial charge in [-0.2, -0.15) is 0 Å². The van der Waals surface area contributed by atoms with Gasteiger partial charge in [0.15, 0.2) is 0 Å². The molecule has 0 aliphatic carbocycles. The van der Waals surface area contributed by atoms with Crippen LogP contribution in [-0.2, 0) is 20.7 Å². The molecule has 3 rings (SSSR count). The molecular formula is C22H23N3O4. The quantitative estimate of drug-likeness (QED) is 0.471. The summed E-state index contributed by atoms with van der Waals surface area (Å²) in [6.07, 6.45) is 0.512. The lowest BCUT2D eigenvalue weighted by atomic mass is 10.0. The summed E-state index contributed by atoms with van der Waals surface area (Å²) >= 11 is 0. The van der Waals surface area contributed by atoms with Crippen LogP contribution < -0.4 is 10.6 Å². The minimum Gasteiger partial charge on any atom is -0.495 e. The molecule has 0 radical (unpaired) electrons. The van der Waals surface area contributed by atoms with Gasteiger partial charge in [-0.15, -0.1) is 0 Å². The van der Waals surface area contributed by atoms with Crippen molar-refractivity contribution in [1.82, 2.24) is 0 Å². The number of carboxylic acid groups (broad SMARTS) is 1. The molecule has 0 fully saturated rings. The number of amidine groups is 1. The summed E-state index contributed by atoms with van der Waals surface area (Å²) in [6, 6.07) is 14.3. The van der Waals surface area contributed by atoms with Gasteiger partial charge >= 0.3 is 5.97 Å². The van der Waals surface area contributed by atoms with E-state index >= 15 is 0 Å². The number of aliphatic carboxylic acids is 1. The Labute approximate surface area is 168 Å². The topological polar surface area (TPSA) is 117 Å². The van der Waals surface area contributed by atoms with Crippen LogP contribution in [0, 0.1) is 5.41 Å². The van der Waals surface area contributed by atoms with Crippen LogP contribution in [0.1, 0.15) is 30.0 Å². The molecule has 1 heterocycles. The Hall–Kier alpha value is -3.61. The first-order chi connectivity index (χ1) is 13.9. The molecule has 1 amide bonds. The van der Waals surface area contributed by atoms with Gasteiger partial charge in [0.25, 0.3) is 5.91 Å². The molecule has 0 saturated heterocycles. The molecule has 2 aromatic carbocycles. The first-order valence-electron chi connectivity index (χ1n) is 9.34. The lowest BCUT2D eigenvalue weighted by molar-refractivity contribution is -0.137. The standard InChI is InChI=1S/C22H23N3O4/c1-2-29-18-13-25(17-10-3-14(4-11-17)5-12-19(26)27)22(28)20(18)15-6-8-16(9-7-15)21(23)24/h3-4,6-11H,2,5,12-13H2,1H3,(H3,23,24)(H,26,27). The number of carbonyl (C=O) groups excluding carboxylic acids is 1. The Morgan fingerprint density at radius 1 is 1.17 bits per heavy atom. The summed E-state index contributed by atoms with van der Waals surface area (Å²) in [6.45, 7) is 2.64. The molecule has 4 N–H and O–H groups in total. The molecule has 0 saturated carbocycles. The minimum absolute atomic E-state index is 0.0297. The van der Waals surface area contributed by atoms with E-state index in [1.165, 1.54) is 0 Å². The zero-order valence-electron chi connectivity index (χ0n) is 16.1.